The molecule has 0 bridgehead atoms. The van der Waals surface area contributed by atoms with Crippen molar-refractivity contribution in [2.45, 2.75) is 32.6 Å². The number of rotatable bonds is 3. The molecule has 1 aliphatic carbocycles. The molecule has 1 aromatic carbocycles. The van der Waals surface area contributed by atoms with Crippen LogP contribution < -0.4 is 4.74 Å². The highest BCUT2D eigenvalue weighted by Crippen LogP contribution is 2.42. The van der Waals surface area contributed by atoms with Crippen LogP contribution in [0, 0.1) is 5.92 Å². The monoisotopic (exact) mass is 218 g/mol. The SMILES string of the molecule is CC[C@@H]1C(=O)c2cc(OC)ccc2[C@H]1CC. The molecule has 86 valence electrons. The molecule has 0 saturated carbocycles. The molecule has 1 aliphatic rings. The smallest absolute Gasteiger partial charge is 0.166 e. The third kappa shape index (κ3) is 1.53. The highest BCUT2D eigenvalue weighted by atomic mass is 16.5. The van der Waals surface area contributed by atoms with Crippen LogP contribution in [-0.2, 0) is 0 Å². The summed E-state index contributed by atoms with van der Waals surface area (Å²) in [4.78, 5) is 12.2. The lowest BCUT2D eigenvalue weighted by Gasteiger charge is -2.15. The van der Waals surface area contributed by atoms with E-state index in [0.717, 1.165) is 24.2 Å². The highest BCUT2D eigenvalue weighted by molar-refractivity contribution is 6.03. The zero-order chi connectivity index (χ0) is 11.7. The number of carbonyl (C=O) groups is 1. The lowest BCUT2D eigenvalue weighted by Crippen LogP contribution is -2.11. The van der Waals surface area contributed by atoms with Gasteiger partial charge in [0.05, 0.1) is 7.11 Å². The van der Waals surface area contributed by atoms with Gasteiger partial charge in [0.1, 0.15) is 5.75 Å². The Hall–Kier alpha value is -1.31. The maximum Gasteiger partial charge on any atom is 0.166 e. The van der Waals surface area contributed by atoms with Crippen molar-refractivity contribution < 1.29 is 9.53 Å². The van der Waals surface area contributed by atoms with E-state index in [-0.39, 0.29) is 5.92 Å². The number of ether oxygens (including phenoxy) is 1. The first-order valence-corrected chi connectivity index (χ1v) is 5.95. The predicted molar refractivity (Wildman–Crippen MR) is 64.1 cm³/mol. The van der Waals surface area contributed by atoms with E-state index in [1.165, 1.54) is 5.56 Å². The number of hydrogen-bond donors (Lipinski definition) is 0. The summed E-state index contributed by atoms with van der Waals surface area (Å²) in [6.45, 7) is 4.24. The van der Waals surface area contributed by atoms with E-state index in [2.05, 4.69) is 19.9 Å². The van der Waals surface area contributed by atoms with E-state index in [0.29, 0.717) is 11.7 Å². The molecule has 0 radical (unpaired) electrons. The van der Waals surface area contributed by atoms with Crippen molar-refractivity contribution in [3.05, 3.63) is 29.3 Å². The van der Waals surface area contributed by atoms with Gasteiger partial charge in [-0.15, -0.1) is 0 Å². The lowest BCUT2D eigenvalue weighted by molar-refractivity contribution is 0.0918. The van der Waals surface area contributed by atoms with Crippen molar-refractivity contribution in [3.63, 3.8) is 0 Å². The van der Waals surface area contributed by atoms with Crippen molar-refractivity contribution >= 4 is 5.78 Å². The average Bonchev–Trinajstić information content (AvgIpc) is 2.60. The van der Waals surface area contributed by atoms with Crippen molar-refractivity contribution in [2.75, 3.05) is 7.11 Å². The van der Waals surface area contributed by atoms with Gasteiger partial charge in [-0.3, -0.25) is 4.79 Å². The molecule has 0 saturated heterocycles. The Labute approximate surface area is 96.6 Å². The number of methoxy groups -OCH3 is 1. The fourth-order valence-electron chi connectivity index (χ4n) is 2.77. The third-order valence-corrected chi connectivity index (χ3v) is 3.63. The van der Waals surface area contributed by atoms with Gasteiger partial charge in [0.2, 0.25) is 0 Å². The number of hydrogen-bond acceptors (Lipinski definition) is 2. The number of ketones is 1. The van der Waals surface area contributed by atoms with Gasteiger partial charge in [-0.2, -0.15) is 0 Å². The molecular weight excluding hydrogens is 200 g/mol. The second kappa shape index (κ2) is 4.28. The summed E-state index contributed by atoms with van der Waals surface area (Å²) in [5.74, 6) is 1.65. The standard InChI is InChI=1S/C14H18O2/c1-4-10-11(5-2)14(15)13-8-9(16-3)6-7-12(10)13/h6-8,10-11H,4-5H2,1-3H3/t10-,11-/m0/s1. The first-order valence-electron chi connectivity index (χ1n) is 5.95. The second-order valence-corrected chi connectivity index (χ2v) is 4.35. The van der Waals surface area contributed by atoms with E-state index < -0.39 is 0 Å². The summed E-state index contributed by atoms with van der Waals surface area (Å²) < 4.78 is 5.17. The van der Waals surface area contributed by atoms with E-state index in [1.54, 1.807) is 7.11 Å². The zero-order valence-corrected chi connectivity index (χ0v) is 10.1. The maximum absolute atomic E-state index is 12.2. The zero-order valence-electron chi connectivity index (χ0n) is 10.1. The Morgan fingerprint density at radius 1 is 1.19 bits per heavy atom. The van der Waals surface area contributed by atoms with E-state index in [1.807, 2.05) is 12.1 Å². The third-order valence-electron chi connectivity index (χ3n) is 3.63. The van der Waals surface area contributed by atoms with Crippen LogP contribution in [0.2, 0.25) is 0 Å². The van der Waals surface area contributed by atoms with Crippen LogP contribution in [0.25, 0.3) is 0 Å². The molecule has 2 rings (SSSR count). The van der Waals surface area contributed by atoms with Gasteiger partial charge < -0.3 is 4.74 Å². The quantitative estimate of drug-likeness (QED) is 0.777. The van der Waals surface area contributed by atoms with Gasteiger partial charge in [-0.25, -0.2) is 0 Å². The predicted octanol–water partition coefficient (Wildman–Crippen LogP) is 3.41. The molecule has 2 atom stereocenters. The molecule has 2 nitrogen and oxygen atoms in total. The van der Waals surface area contributed by atoms with Crippen molar-refractivity contribution in [2.24, 2.45) is 5.92 Å². The first-order chi connectivity index (χ1) is 7.72. The summed E-state index contributed by atoms with van der Waals surface area (Å²) >= 11 is 0. The molecule has 1 aromatic rings. The topological polar surface area (TPSA) is 26.3 Å². The van der Waals surface area contributed by atoms with E-state index in [9.17, 15) is 4.79 Å². The van der Waals surface area contributed by atoms with Crippen LogP contribution in [0.1, 0.15) is 48.5 Å². The van der Waals surface area contributed by atoms with E-state index >= 15 is 0 Å². The summed E-state index contributed by atoms with van der Waals surface area (Å²) in [7, 11) is 1.63. The van der Waals surface area contributed by atoms with Gasteiger partial charge in [-0.05, 0) is 36.5 Å². The molecule has 0 unspecified atom stereocenters. The molecule has 0 spiro atoms. The molecular formula is C14H18O2. The summed E-state index contributed by atoms with van der Waals surface area (Å²) in [6, 6.07) is 5.89. The fourth-order valence-corrected chi connectivity index (χ4v) is 2.77. The minimum Gasteiger partial charge on any atom is -0.497 e. The maximum atomic E-state index is 12.2. The molecule has 16 heavy (non-hydrogen) atoms. The second-order valence-electron chi connectivity index (χ2n) is 4.35. The minimum atomic E-state index is 0.173. The number of Topliss-reactive ketones (excluding diaryl/α,β-unsaturated/α-hetero) is 1. The van der Waals surface area contributed by atoms with Gasteiger partial charge in [-0.1, -0.05) is 19.9 Å². The Bertz CT molecular complexity index is 409. The Balaban J connectivity index is 2.48. The van der Waals surface area contributed by atoms with Gasteiger partial charge in [0.15, 0.2) is 5.78 Å². The summed E-state index contributed by atoms with van der Waals surface area (Å²) in [5, 5.41) is 0. The van der Waals surface area contributed by atoms with Crippen molar-refractivity contribution in [3.8, 4) is 5.75 Å². The average molecular weight is 218 g/mol. The number of carbonyl (C=O) groups excluding carboxylic acids is 1. The van der Waals surface area contributed by atoms with E-state index in [4.69, 9.17) is 4.74 Å². The Morgan fingerprint density at radius 2 is 1.88 bits per heavy atom. The van der Waals surface area contributed by atoms with Crippen LogP contribution in [0.3, 0.4) is 0 Å². The lowest BCUT2D eigenvalue weighted by atomic mass is 9.88. The van der Waals surface area contributed by atoms with Gasteiger partial charge in [0, 0.05) is 11.5 Å². The van der Waals surface area contributed by atoms with Crippen molar-refractivity contribution in [1.29, 1.82) is 0 Å². The molecule has 2 heteroatoms. The number of benzene rings is 1. The molecule has 0 amide bonds. The van der Waals surface area contributed by atoms with Crippen LogP contribution in [0.5, 0.6) is 5.75 Å². The normalized spacial score (nSPS) is 23.3. The fraction of sp³-hybridized carbons (Fsp3) is 0.500. The molecule has 0 N–H and O–H groups in total. The van der Waals surface area contributed by atoms with Crippen LogP contribution >= 0.6 is 0 Å². The van der Waals surface area contributed by atoms with Crippen molar-refractivity contribution in [1.82, 2.24) is 0 Å². The minimum absolute atomic E-state index is 0.173. The summed E-state index contributed by atoms with van der Waals surface area (Å²) in [6.07, 6.45) is 1.96. The molecule has 0 fully saturated rings. The molecule has 0 aliphatic heterocycles. The van der Waals surface area contributed by atoms with Crippen LogP contribution in [0.4, 0.5) is 0 Å². The first kappa shape index (κ1) is 11.2. The van der Waals surface area contributed by atoms with Gasteiger partial charge >= 0.3 is 0 Å². The highest BCUT2D eigenvalue weighted by Gasteiger charge is 2.37. The van der Waals surface area contributed by atoms with Gasteiger partial charge in [0.25, 0.3) is 0 Å². The Kier molecular flexibility index (Phi) is 2.99. The summed E-state index contributed by atoms with van der Waals surface area (Å²) in [5.41, 5.74) is 2.08. The Morgan fingerprint density at radius 3 is 2.44 bits per heavy atom. The number of fused-ring (bicyclic) bond motifs is 1. The van der Waals surface area contributed by atoms with Crippen LogP contribution in [0.15, 0.2) is 18.2 Å². The molecule has 0 aromatic heterocycles. The largest absolute Gasteiger partial charge is 0.497 e. The molecule has 0 heterocycles. The van der Waals surface area contributed by atoms with Crippen LogP contribution in [-0.4, -0.2) is 12.9 Å².